The number of aryl methyl sites for hydroxylation is 1. The number of rotatable bonds is 6. The predicted octanol–water partition coefficient (Wildman–Crippen LogP) is 1.32. The monoisotopic (exact) mass is 371 g/mol. The first kappa shape index (κ1) is 16.6. The second-order valence-electron chi connectivity index (χ2n) is 4.41. The molecule has 0 spiro atoms. The lowest BCUT2D eigenvalue weighted by molar-refractivity contribution is -0.141. The predicted molar refractivity (Wildman–Crippen MR) is 74.8 cm³/mol. The van der Waals surface area contributed by atoms with E-state index in [1.54, 1.807) is 6.92 Å². The van der Waals surface area contributed by atoms with Crippen molar-refractivity contribution in [1.29, 1.82) is 0 Å². The van der Waals surface area contributed by atoms with Crippen LogP contribution in [-0.4, -0.2) is 36.7 Å². The van der Waals surface area contributed by atoms with E-state index < -0.39 is 28.0 Å². The minimum atomic E-state index is -3.75. The zero-order valence-electron chi connectivity index (χ0n) is 10.3. The van der Waals surface area contributed by atoms with Crippen LogP contribution in [0.2, 0.25) is 0 Å². The van der Waals surface area contributed by atoms with Crippen molar-refractivity contribution in [2.45, 2.75) is 30.1 Å². The van der Waals surface area contributed by atoms with Crippen molar-refractivity contribution in [3.8, 4) is 0 Å². The maximum atomic E-state index is 12.0. The van der Waals surface area contributed by atoms with Crippen LogP contribution in [-0.2, 0) is 14.8 Å². The highest BCUT2D eigenvalue weighted by Crippen LogP contribution is 2.30. The average molecular weight is 372 g/mol. The van der Waals surface area contributed by atoms with Crippen molar-refractivity contribution in [2.75, 3.05) is 6.54 Å². The Bertz CT molecular complexity index is 559. The van der Waals surface area contributed by atoms with Gasteiger partial charge in [0.1, 0.15) is 4.21 Å². The van der Waals surface area contributed by atoms with Crippen LogP contribution < -0.4 is 4.72 Å². The molecule has 0 bridgehead atoms. The quantitative estimate of drug-likeness (QED) is 0.699. The normalized spacial score (nSPS) is 15.2. The molecule has 3 N–H and O–H groups in total. The number of carboxylic acids is 1. The first-order valence-corrected chi connectivity index (χ1v) is 8.32. The van der Waals surface area contributed by atoms with E-state index in [4.69, 9.17) is 5.11 Å². The van der Waals surface area contributed by atoms with Crippen LogP contribution in [0.5, 0.6) is 0 Å². The number of sulfonamides is 1. The van der Waals surface area contributed by atoms with Gasteiger partial charge in [0.25, 0.3) is 0 Å². The number of hydrogen-bond donors (Lipinski definition) is 3. The van der Waals surface area contributed by atoms with E-state index in [-0.39, 0.29) is 10.8 Å². The third-order valence-corrected chi connectivity index (χ3v) is 6.29. The molecule has 0 saturated carbocycles. The molecule has 0 aliphatic rings. The van der Waals surface area contributed by atoms with Crippen LogP contribution in [0.3, 0.4) is 0 Å². The summed E-state index contributed by atoms with van der Waals surface area (Å²) in [6.07, 6.45) is -0.539. The molecule has 0 aliphatic heterocycles. The highest BCUT2D eigenvalue weighted by molar-refractivity contribution is 9.11. The number of carbonyl (C=O) groups is 1. The van der Waals surface area contributed by atoms with Gasteiger partial charge in [0, 0.05) is 6.54 Å². The van der Waals surface area contributed by atoms with Crippen molar-refractivity contribution in [3.05, 3.63) is 15.4 Å². The van der Waals surface area contributed by atoms with Gasteiger partial charge in [0.05, 0.1) is 15.8 Å². The van der Waals surface area contributed by atoms with Gasteiger partial charge in [0.2, 0.25) is 10.0 Å². The number of aliphatic hydroxyl groups is 1. The van der Waals surface area contributed by atoms with Crippen LogP contribution >= 0.6 is 27.3 Å². The smallest absolute Gasteiger partial charge is 0.306 e. The van der Waals surface area contributed by atoms with E-state index in [1.165, 1.54) is 13.0 Å². The summed E-state index contributed by atoms with van der Waals surface area (Å²) < 4.78 is 26.9. The average Bonchev–Trinajstić information content (AvgIpc) is 2.56. The van der Waals surface area contributed by atoms with Crippen LogP contribution in [0.1, 0.15) is 18.9 Å². The zero-order chi connectivity index (χ0) is 14.8. The molecule has 0 fully saturated rings. The van der Waals surface area contributed by atoms with E-state index in [0.717, 1.165) is 16.9 Å². The van der Waals surface area contributed by atoms with E-state index in [9.17, 15) is 18.3 Å². The molecule has 1 rings (SSSR count). The molecule has 1 aromatic heterocycles. The highest BCUT2D eigenvalue weighted by Gasteiger charge is 2.27. The second kappa shape index (κ2) is 5.88. The summed E-state index contributed by atoms with van der Waals surface area (Å²) in [4.78, 5) is 10.5. The van der Waals surface area contributed by atoms with Gasteiger partial charge in [0.15, 0.2) is 0 Å². The summed E-state index contributed by atoms with van der Waals surface area (Å²) in [7, 11) is -3.75. The number of halogens is 1. The van der Waals surface area contributed by atoms with Crippen LogP contribution in [0, 0.1) is 6.92 Å². The first-order chi connectivity index (χ1) is 8.53. The van der Waals surface area contributed by atoms with Gasteiger partial charge in [-0.25, -0.2) is 13.1 Å². The summed E-state index contributed by atoms with van der Waals surface area (Å²) >= 11 is 4.29. The number of carboxylic acid groups (broad SMARTS) is 1. The Hall–Kier alpha value is -0.480. The fraction of sp³-hybridized carbons (Fsp3) is 0.500. The lowest BCUT2D eigenvalue weighted by Crippen LogP contribution is -2.41. The van der Waals surface area contributed by atoms with Crippen molar-refractivity contribution >= 4 is 43.3 Å². The molecule has 1 atom stereocenters. The van der Waals surface area contributed by atoms with Gasteiger partial charge in [-0.2, -0.15) is 0 Å². The Morgan fingerprint density at radius 2 is 2.16 bits per heavy atom. The summed E-state index contributed by atoms with van der Waals surface area (Å²) in [5.41, 5.74) is -0.842. The van der Waals surface area contributed by atoms with Gasteiger partial charge in [-0.05, 0) is 41.4 Å². The highest BCUT2D eigenvalue weighted by atomic mass is 79.9. The maximum absolute atomic E-state index is 12.0. The third kappa shape index (κ3) is 4.84. The van der Waals surface area contributed by atoms with Crippen LogP contribution in [0.25, 0.3) is 0 Å². The fourth-order valence-electron chi connectivity index (χ4n) is 1.27. The molecule has 0 aliphatic carbocycles. The zero-order valence-corrected chi connectivity index (χ0v) is 13.5. The Labute approximate surface area is 123 Å². The third-order valence-electron chi connectivity index (χ3n) is 2.27. The van der Waals surface area contributed by atoms with Crippen LogP contribution in [0.4, 0.5) is 0 Å². The Balaban J connectivity index is 2.79. The van der Waals surface area contributed by atoms with E-state index >= 15 is 0 Å². The lowest BCUT2D eigenvalue weighted by Gasteiger charge is -2.21. The van der Waals surface area contributed by atoms with Gasteiger partial charge >= 0.3 is 5.97 Å². The molecule has 1 heterocycles. The molecule has 0 aromatic carbocycles. The first-order valence-electron chi connectivity index (χ1n) is 5.23. The molecule has 0 radical (unpaired) electrons. The summed E-state index contributed by atoms with van der Waals surface area (Å²) in [6.45, 7) is 2.66. The standard InChI is InChI=1S/C10H14BrNO5S2/c1-6-3-8(18-9(6)11)19(16,17)12-5-10(2,15)4-7(13)14/h3,12,15H,4-5H2,1-2H3,(H,13,14). The molecule has 0 amide bonds. The van der Waals surface area contributed by atoms with Gasteiger partial charge < -0.3 is 10.2 Å². The Kier molecular flexibility index (Phi) is 5.13. The molecular formula is C10H14BrNO5S2. The van der Waals surface area contributed by atoms with Crippen molar-refractivity contribution in [3.63, 3.8) is 0 Å². The second-order valence-corrected chi connectivity index (χ2v) is 8.78. The minimum Gasteiger partial charge on any atom is -0.481 e. The van der Waals surface area contributed by atoms with Crippen LogP contribution in [0.15, 0.2) is 14.1 Å². The Morgan fingerprint density at radius 3 is 2.58 bits per heavy atom. The number of thiophene rings is 1. The lowest BCUT2D eigenvalue weighted by atomic mass is 10.0. The van der Waals surface area contributed by atoms with Crippen molar-refractivity contribution < 1.29 is 23.4 Å². The Morgan fingerprint density at radius 1 is 1.58 bits per heavy atom. The molecule has 6 nitrogen and oxygen atoms in total. The molecule has 0 saturated heterocycles. The molecule has 1 aromatic rings. The number of aliphatic carboxylic acids is 1. The molecule has 19 heavy (non-hydrogen) atoms. The summed E-state index contributed by atoms with van der Waals surface area (Å²) in [5, 5.41) is 18.3. The summed E-state index contributed by atoms with van der Waals surface area (Å²) in [6, 6.07) is 1.50. The topological polar surface area (TPSA) is 104 Å². The molecular weight excluding hydrogens is 358 g/mol. The van der Waals surface area contributed by atoms with Crippen molar-refractivity contribution in [1.82, 2.24) is 4.72 Å². The maximum Gasteiger partial charge on any atom is 0.306 e. The SMILES string of the molecule is Cc1cc(S(=O)(=O)NCC(C)(O)CC(=O)O)sc1Br. The van der Waals surface area contributed by atoms with E-state index in [0.29, 0.717) is 3.79 Å². The largest absolute Gasteiger partial charge is 0.481 e. The van der Waals surface area contributed by atoms with Gasteiger partial charge in [-0.15, -0.1) is 11.3 Å². The van der Waals surface area contributed by atoms with Crippen molar-refractivity contribution in [2.24, 2.45) is 0 Å². The number of hydrogen-bond acceptors (Lipinski definition) is 5. The van der Waals surface area contributed by atoms with Gasteiger partial charge in [-0.1, -0.05) is 0 Å². The van der Waals surface area contributed by atoms with E-state index in [1.807, 2.05) is 0 Å². The molecule has 1 unspecified atom stereocenters. The minimum absolute atomic E-state index is 0.114. The fourth-order valence-corrected chi connectivity index (χ4v) is 4.71. The van der Waals surface area contributed by atoms with Gasteiger partial charge in [-0.3, -0.25) is 4.79 Å². The molecule has 108 valence electrons. The molecule has 9 heteroatoms. The van der Waals surface area contributed by atoms with E-state index in [2.05, 4.69) is 20.7 Å². The number of nitrogens with one attached hydrogen (secondary N) is 1. The summed E-state index contributed by atoms with van der Waals surface area (Å²) in [5.74, 6) is -1.20.